The number of anilines is 1. The quantitative estimate of drug-likeness (QED) is 0.357. The number of likely N-dealkylation sites (N-methyl/N-ethyl adjacent to an activating group) is 1. The van der Waals surface area contributed by atoms with Gasteiger partial charge in [0.15, 0.2) is 0 Å². The number of benzene rings is 3. The Morgan fingerprint density at radius 3 is 2.29 bits per heavy atom. The molecule has 3 rings (SSSR count). The highest BCUT2D eigenvalue weighted by molar-refractivity contribution is 9.10. The third kappa shape index (κ3) is 6.65. The highest BCUT2D eigenvalue weighted by Gasteiger charge is 2.33. The molecule has 0 aromatic heterocycles. The minimum atomic E-state index is -4.23. The van der Waals surface area contributed by atoms with Crippen LogP contribution in [0.25, 0.3) is 0 Å². The van der Waals surface area contributed by atoms with Crippen LogP contribution < -0.4 is 19.1 Å². The number of hydrogen-bond donors (Lipinski definition) is 1. The molecule has 3 aromatic carbocycles. The molecule has 0 saturated carbocycles. The fraction of sp³-hybridized carbons (Fsp3) is 0.259. The maximum Gasteiger partial charge on any atom is 0.264 e. The summed E-state index contributed by atoms with van der Waals surface area (Å²) in [6.07, 6.45) is 0. The number of nitrogens with zero attached hydrogens (tertiary/aromatic N) is 2. The number of methoxy groups -OCH3 is 2. The molecule has 1 N–H and O–H groups in total. The predicted octanol–water partition coefficient (Wildman–Crippen LogP) is 3.82. The predicted molar refractivity (Wildman–Crippen MR) is 149 cm³/mol. The SMILES string of the molecule is CNC(=O)[C@@H](C)N(Cc1cccc(Br)c1)C(=O)CN(c1cc(OC)ccc1OC)S(=O)(=O)c1ccccc1. The van der Waals surface area contributed by atoms with Crippen LogP contribution in [0.4, 0.5) is 5.69 Å². The van der Waals surface area contributed by atoms with Gasteiger partial charge in [0.05, 0.1) is 24.8 Å². The minimum absolute atomic E-state index is 0.00411. The molecule has 0 radical (unpaired) electrons. The molecule has 202 valence electrons. The van der Waals surface area contributed by atoms with Gasteiger partial charge in [0.25, 0.3) is 10.0 Å². The van der Waals surface area contributed by atoms with Crippen molar-refractivity contribution in [2.45, 2.75) is 24.4 Å². The van der Waals surface area contributed by atoms with E-state index in [1.165, 1.54) is 44.4 Å². The van der Waals surface area contributed by atoms with Crippen LogP contribution in [0.5, 0.6) is 11.5 Å². The maximum absolute atomic E-state index is 13.9. The smallest absolute Gasteiger partial charge is 0.264 e. The molecule has 0 bridgehead atoms. The number of ether oxygens (including phenoxy) is 2. The molecule has 0 aliphatic heterocycles. The molecule has 38 heavy (non-hydrogen) atoms. The van der Waals surface area contributed by atoms with E-state index in [-0.39, 0.29) is 28.8 Å². The summed E-state index contributed by atoms with van der Waals surface area (Å²) in [7, 11) is 0.117. The Labute approximate surface area is 231 Å². The zero-order chi connectivity index (χ0) is 27.9. The van der Waals surface area contributed by atoms with Gasteiger partial charge < -0.3 is 19.7 Å². The zero-order valence-electron chi connectivity index (χ0n) is 21.5. The molecule has 0 fully saturated rings. The lowest BCUT2D eigenvalue weighted by atomic mass is 10.1. The third-order valence-electron chi connectivity index (χ3n) is 5.92. The third-order valence-corrected chi connectivity index (χ3v) is 8.19. The Morgan fingerprint density at radius 1 is 0.974 bits per heavy atom. The van der Waals surface area contributed by atoms with Gasteiger partial charge in [-0.15, -0.1) is 0 Å². The van der Waals surface area contributed by atoms with Crippen LogP contribution in [-0.4, -0.2) is 59.0 Å². The van der Waals surface area contributed by atoms with Crippen molar-refractivity contribution in [3.8, 4) is 11.5 Å². The van der Waals surface area contributed by atoms with Crippen molar-refractivity contribution in [2.24, 2.45) is 0 Å². The Balaban J connectivity index is 2.11. The average molecular weight is 605 g/mol. The van der Waals surface area contributed by atoms with Gasteiger partial charge in [0.1, 0.15) is 24.1 Å². The Kier molecular flexibility index (Phi) is 9.76. The number of amides is 2. The zero-order valence-corrected chi connectivity index (χ0v) is 24.0. The lowest BCUT2D eigenvalue weighted by molar-refractivity contribution is -0.139. The van der Waals surface area contributed by atoms with Crippen molar-refractivity contribution in [3.63, 3.8) is 0 Å². The van der Waals surface area contributed by atoms with E-state index in [1.807, 2.05) is 24.3 Å². The summed E-state index contributed by atoms with van der Waals surface area (Å²) in [5, 5.41) is 2.56. The second-order valence-corrected chi connectivity index (χ2v) is 11.1. The minimum Gasteiger partial charge on any atom is -0.497 e. The normalized spacial score (nSPS) is 11.8. The van der Waals surface area contributed by atoms with E-state index >= 15 is 0 Å². The summed E-state index contributed by atoms with van der Waals surface area (Å²) in [6.45, 7) is 1.09. The molecule has 0 unspecified atom stereocenters. The van der Waals surface area contributed by atoms with Crippen LogP contribution in [0.1, 0.15) is 12.5 Å². The van der Waals surface area contributed by atoms with E-state index in [2.05, 4.69) is 21.2 Å². The molecule has 9 nitrogen and oxygen atoms in total. The van der Waals surface area contributed by atoms with Crippen molar-refractivity contribution in [2.75, 3.05) is 32.1 Å². The standard InChI is InChI=1S/C27H30BrN3O6S/c1-19(27(33)29-2)30(17-20-9-8-10-21(28)15-20)26(32)18-31(38(34,35)23-11-6-5-7-12-23)24-16-22(36-3)13-14-25(24)37-4/h5-16,19H,17-18H2,1-4H3,(H,29,33)/t19-/m1/s1. The summed E-state index contributed by atoms with van der Waals surface area (Å²) >= 11 is 3.43. The number of carbonyl (C=O) groups excluding carboxylic acids is 2. The average Bonchev–Trinajstić information content (AvgIpc) is 2.93. The first-order valence-electron chi connectivity index (χ1n) is 11.7. The van der Waals surface area contributed by atoms with Gasteiger partial charge in [-0.25, -0.2) is 8.42 Å². The lowest BCUT2D eigenvalue weighted by Gasteiger charge is -2.32. The van der Waals surface area contributed by atoms with Gasteiger partial charge >= 0.3 is 0 Å². The first-order chi connectivity index (χ1) is 18.1. The number of nitrogens with one attached hydrogen (secondary N) is 1. The fourth-order valence-electron chi connectivity index (χ4n) is 3.85. The Hall–Kier alpha value is -3.57. The van der Waals surface area contributed by atoms with Gasteiger partial charge in [-0.05, 0) is 48.9 Å². The molecule has 11 heteroatoms. The summed E-state index contributed by atoms with van der Waals surface area (Å²) in [5.41, 5.74) is 0.888. The lowest BCUT2D eigenvalue weighted by Crippen LogP contribution is -2.50. The first kappa shape index (κ1) is 29.0. The summed E-state index contributed by atoms with van der Waals surface area (Å²) in [5.74, 6) is -0.350. The highest BCUT2D eigenvalue weighted by atomic mass is 79.9. The van der Waals surface area contributed by atoms with E-state index < -0.39 is 28.5 Å². The molecule has 1 atom stereocenters. The Bertz CT molecular complexity index is 1380. The Morgan fingerprint density at radius 2 is 1.68 bits per heavy atom. The summed E-state index contributed by atoms with van der Waals surface area (Å²) in [4.78, 5) is 27.8. The highest BCUT2D eigenvalue weighted by Crippen LogP contribution is 2.36. The van der Waals surface area contributed by atoms with E-state index in [0.717, 1.165) is 14.3 Å². The van der Waals surface area contributed by atoms with Crippen LogP contribution in [0.2, 0.25) is 0 Å². The topological polar surface area (TPSA) is 105 Å². The van der Waals surface area contributed by atoms with E-state index in [1.54, 1.807) is 37.3 Å². The van der Waals surface area contributed by atoms with E-state index in [4.69, 9.17) is 9.47 Å². The number of sulfonamides is 1. The molecule has 2 amide bonds. The number of hydrogen-bond acceptors (Lipinski definition) is 6. The number of rotatable bonds is 11. The summed E-state index contributed by atoms with van der Waals surface area (Å²) in [6, 6.07) is 18.9. The summed E-state index contributed by atoms with van der Waals surface area (Å²) < 4.78 is 40.4. The van der Waals surface area contributed by atoms with E-state index in [0.29, 0.717) is 5.75 Å². The van der Waals surface area contributed by atoms with Crippen molar-refractivity contribution in [1.82, 2.24) is 10.2 Å². The van der Waals surface area contributed by atoms with Crippen molar-refractivity contribution in [1.29, 1.82) is 0 Å². The monoisotopic (exact) mass is 603 g/mol. The van der Waals surface area contributed by atoms with Gasteiger partial charge in [0.2, 0.25) is 11.8 Å². The van der Waals surface area contributed by atoms with Gasteiger partial charge in [-0.2, -0.15) is 0 Å². The molecule has 0 spiro atoms. The van der Waals surface area contributed by atoms with Crippen LogP contribution in [-0.2, 0) is 26.2 Å². The molecule has 3 aromatic rings. The second-order valence-electron chi connectivity index (χ2n) is 8.30. The van der Waals surface area contributed by atoms with Gasteiger partial charge in [-0.3, -0.25) is 13.9 Å². The largest absolute Gasteiger partial charge is 0.497 e. The maximum atomic E-state index is 13.9. The van der Waals surface area contributed by atoms with Crippen LogP contribution in [0.3, 0.4) is 0 Å². The molecular formula is C27H30BrN3O6S. The fourth-order valence-corrected chi connectivity index (χ4v) is 5.73. The van der Waals surface area contributed by atoms with Gasteiger partial charge in [0, 0.05) is 24.1 Å². The molecular weight excluding hydrogens is 574 g/mol. The molecule has 0 saturated heterocycles. The van der Waals surface area contributed by atoms with Crippen molar-refractivity contribution in [3.05, 3.63) is 82.8 Å². The molecule has 0 aliphatic carbocycles. The van der Waals surface area contributed by atoms with Crippen LogP contribution >= 0.6 is 15.9 Å². The second kappa shape index (κ2) is 12.8. The number of carbonyl (C=O) groups is 2. The molecule has 0 heterocycles. The van der Waals surface area contributed by atoms with Crippen LogP contribution in [0, 0.1) is 0 Å². The first-order valence-corrected chi connectivity index (χ1v) is 13.9. The van der Waals surface area contributed by atoms with E-state index in [9.17, 15) is 18.0 Å². The van der Waals surface area contributed by atoms with Crippen molar-refractivity contribution < 1.29 is 27.5 Å². The number of halogens is 1. The van der Waals surface area contributed by atoms with Crippen LogP contribution in [0.15, 0.2) is 82.2 Å². The van der Waals surface area contributed by atoms with Crippen molar-refractivity contribution >= 4 is 43.5 Å². The van der Waals surface area contributed by atoms with Gasteiger partial charge in [-0.1, -0.05) is 46.3 Å². The molecule has 0 aliphatic rings.